The first-order chi connectivity index (χ1) is 9.15. The number of carbonyl (C=O) groups excluding carboxylic acids is 1. The molecule has 0 spiro atoms. The number of amides is 1. The Hall–Kier alpha value is -2.59. The summed E-state index contributed by atoms with van der Waals surface area (Å²) in [6.45, 7) is 6.94. The van der Waals surface area contributed by atoms with Crippen LogP contribution in [-0.2, 0) is 0 Å². The van der Waals surface area contributed by atoms with E-state index in [4.69, 9.17) is 6.57 Å². The van der Waals surface area contributed by atoms with Crippen LogP contribution in [-0.4, -0.2) is 17.3 Å². The summed E-state index contributed by atoms with van der Waals surface area (Å²) >= 11 is 1.04. The van der Waals surface area contributed by atoms with E-state index >= 15 is 0 Å². The van der Waals surface area contributed by atoms with Crippen molar-refractivity contribution in [1.29, 1.82) is 0 Å². The monoisotopic (exact) mass is 274 g/mol. The Morgan fingerprint density at radius 2 is 2.26 bits per heavy atom. The van der Waals surface area contributed by atoms with E-state index in [2.05, 4.69) is 19.9 Å². The quantitative estimate of drug-likeness (QED) is 0.750. The van der Waals surface area contributed by atoms with Crippen molar-refractivity contribution in [3.63, 3.8) is 0 Å². The van der Waals surface area contributed by atoms with E-state index in [1.165, 1.54) is 7.05 Å². The van der Waals surface area contributed by atoms with Crippen molar-refractivity contribution >= 4 is 33.8 Å². The van der Waals surface area contributed by atoms with E-state index in [9.17, 15) is 9.59 Å². The fourth-order valence-electron chi connectivity index (χ4n) is 1.51. The number of aromatic nitrogens is 1. The van der Waals surface area contributed by atoms with E-state index in [1.54, 1.807) is 24.3 Å². The van der Waals surface area contributed by atoms with Crippen molar-refractivity contribution in [2.45, 2.75) is 0 Å². The van der Waals surface area contributed by atoms with Gasteiger partial charge in [-0.15, -0.1) is 0 Å². The average Bonchev–Trinajstić information content (AvgIpc) is 2.79. The molecule has 1 amide bonds. The fourth-order valence-corrected chi connectivity index (χ4v) is 2.26. The third kappa shape index (κ3) is 2.64. The van der Waals surface area contributed by atoms with Gasteiger partial charge in [0.25, 0.3) is 11.5 Å². The maximum absolute atomic E-state index is 11.6. The van der Waals surface area contributed by atoms with E-state index in [-0.39, 0.29) is 5.56 Å². The highest BCUT2D eigenvalue weighted by molar-refractivity contribution is 7.10. The largest absolute Gasteiger partial charge is 0.355 e. The summed E-state index contributed by atoms with van der Waals surface area (Å²) in [5.74, 6) is -0.452. The predicted molar refractivity (Wildman–Crippen MR) is 74.3 cm³/mol. The molecule has 1 aromatic carbocycles. The fraction of sp³-hybridized carbons (Fsp3) is 0.0833. The van der Waals surface area contributed by atoms with E-state index in [1.807, 2.05) is 0 Å². The van der Waals surface area contributed by atoms with Gasteiger partial charge in [0.05, 0.1) is 6.57 Å². The van der Waals surface area contributed by atoms with Crippen LogP contribution in [0, 0.1) is 6.57 Å². The number of H-pyrrole nitrogens is 1. The zero-order valence-electron chi connectivity index (χ0n) is 9.98. The Morgan fingerprint density at radius 3 is 2.95 bits per heavy atom. The number of hydrogen-bond donors (Lipinski definition) is 3. The van der Waals surface area contributed by atoms with Crippen molar-refractivity contribution in [2.24, 2.45) is 0 Å². The number of rotatable bonds is 3. The second-order valence-electron chi connectivity index (χ2n) is 3.60. The van der Waals surface area contributed by atoms with Gasteiger partial charge in [0.15, 0.2) is 5.69 Å². The van der Waals surface area contributed by atoms with Gasteiger partial charge in [-0.3, -0.25) is 14.0 Å². The Kier molecular flexibility index (Phi) is 3.63. The van der Waals surface area contributed by atoms with Crippen LogP contribution in [0.1, 0.15) is 10.4 Å². The second kappa shape index (κ2) is 5.37. The Balaban J connectivity index is 2.36. The molecule has 19 heavy (non-hydrogen) atoms. The number of anilines is 2. The summed E-state index contributed by atoms with van der Waals surface area (Å²) < 4.78 is 2.50. The maximum Gasteiger partial charge on any atom is 0.273 e. The van der Waals surface area contributed by atoms with Crippen molar-refractivity contribution in [2.75, 3.05) is 12.4 Å². The first-order valence-electron chi connectivity index (χ1n) is 5.34. The van der Waals surface area contributed by atoms with Gasteiger partial charge in [-0.2, -0.15) is 0 Å². The molecule has 7 heteroatoms. The molecule has 0 saturated carbocycles. The van der Waals surface area contributed by atoms with Crippen molar-refractivity contribution in [1.82, 2.24) is 9.69 Å². The van der Waals surface area contributed by atoms with E-state index < -0.39 is 11.5 Å². The average molecular weight is 274 g/mol. The van der Waals surface area contributed by atoms with Crippen LogP contribution in [0.15, 0.2) is 29.1 Å². The second-order valence-corrected chi connectivity index (χ2v) is 4.42. The summed E-state index contributed by atoms with van der Waals surface area (Å²) in [4.78, 5) is 26.5. The number of hydrogen-bond acceptors (Lipinski definition) is 4. The SMILES string of the molecule is [C-]#[N+]c1cccc(Nc2s[nH]c(=O)c2C(=O)NC)c1. The lowest BCUT2D eigenvalue weighted by Crippen LogP contribution is -2.24. The highest BCUT2D eigenvalue weighted by atomic mass is 32.1. The molecule has 6 nitrogen and oxygen atoms in total. The number of nitrogens with zero attached hydrogens (tertiary/aromatic N) is 1. The molecule has 0 radical (unpaired) electrons. The van der Waals surface area contributed by atoms with E-state index in [0.29, 0.717) is 16.4 Å². The van der Waals surface area contributed by atoms with Gasteiger partial charge in [0.1, 0.15) is 10.6 Å². The van der Waals surface area contributed by atoms with Crippen molar-refractivity contribution < 1.29 is 4.79 Å². The standard InChI is InChI=1S/C12H10N4O2S/c1-13-7-4-3-5-8(6-7)15-12-9(10(17)14-2)11(18)16-19-12/h3-6,15H,2H3,(H,14,17)(H,16,18). The normalized spacial score (nSPS) is 9.68. The molecule has 0 aliphatic rings. The highest BCUT2D eigenvalue weighted by Crippen LogP contribution is 2.25. The number of carbonyl (C=O) groups is 1. The molecule has 0 atom stereocenters. The summed E-state index contributed by atoms with van der Waals surface area (Å²) in [5.41, 5.74) is 0.733. The molecular formula is C12H10N4O2S. The van der Waals surface area contributed by atoms with Gasteiger partial charge in [0, 0.05) is 12.7 Å². The molecule has 2 rings (SSSR count). The summed E-state index contributed by atoms with van der Waals surface area (Å²) in [5, 5.41) is 5.81. The summed E-state index contributed by atoms with van der Waals surface area (Å²) in [6, 6.07) is 6.81. The molecule has 1 aromatic heterocycles. The van der Waals surface area contributed by atoms with Gasteiger partial charge in [0.2, 0.25) is 0 Å². The van der Waals surface area contributed by atoms with Crippen LogP contribution in [0.2, 0.25) is 0 Å². The number of benzene rings is 1. The third-order valence-corrected chi connectivity index (χ3v) is 3.18. The molecule has 2 aromatic rings. The summed E-state index contributed by atoms with van der Waals surface area (Å²) in [7, 11) is 1.46. The Morgan fingerprint density at radius 1 is 1.47 bits per heavy atom. The maximum atomic E-state index is 11.6. The number of aromatic amines is 1. The van der Waals surface area contributed by atoms with Crippen molar-refractivity contribution in [3.05, 3.63) is 51.6 Å². The van der Waals surface area contributed by atoms with Gasteiger partial charge >= 0.3 is 0 Å². The van der Waals surface area contributed by atoms with Crippen LogP contribution >= 0.6 is 11.5 Å². The first-order valence-corrected chi connectivity index (χ1v) is 6.15. The van der Waals surface area contributed by atoms with Gasteiger partial charge < -0.3 is 10.6 Å². The Bertz CT molecular complexity index is 711. The predicted octanol–water partition coefficient (Wildman–Crippen LogP) is 2.09. The van der Waals surface area contributed by atoms with Crippen LogP contribution in [0.4, 0.5) is 16.4 Å². The molecule has 0 aliphatic heterocycles. The zero-order valence-corrected chi connectivity index (χ0v) is 10.8. The van der Waals surface area contributed by atoms with Crippen molar-refractivity contribution in [3.8, 4) is 0 Å². The van der Waals surface area contributed by atoms with Gasteiger partial charge in [-0.1, -0.05) is 12.1 Å². The minimum absolute atomic E-state index is 0.0423. The van der Waals surface area contributed by atoms with Crippen LogP contribution < -0.4 is 16.2 Å². The smallest absolute Gasteiger partial charge is 0.273 e. The molecular weight excluding hydrogens is 264 g/mol. The summed E-state index contributed by atoms with van der Waals surface area (Å²) in [6.07, 6.45) is 0. The minimum Gasteiger partial charge on any atom is -0.355 e. The van der Waals surface area contributed by atoms with Gasteiger partial charge in [-0.05, 0) is 23.7 Å². The lowest BCUT2D eigenvalue weighted by molar-refractivity contribution is 0.0963. The molecule has 1 heterocycles. The minimum atomic E-state index is -0.452. The molecule has 0 bridgehead atoms. The van der Waals surface area contributed by atoms with Crippen LogP contribution in [0.5, 0.6) is 0 Å². The Labute approximate surface area is 113 Å². The lowest BCUT2D eigenvalue weighted by Gasteiger charge is -2.05. The molecule has 96 valence electrons. The zero-order chi connectivity index (χ0) is 13.8. The topological polar surface area (TPSA) is 78.3 Å². The molecule has 0 fully saturated rings. The van der Waals surface area contributed by atoms with Crippen LogP contribution in [0.3, 0.4) is 0 Å². The highest BCUT2D eigenvalue weighted by Gasteiger charge is 2.17. The first kappa shape index (κ1) is 12.9. The van der Waals surface area contributed by atoms with Crippen LogP contribution in [0.25, 0.3) is 4.85 Å². The molecule has 3 N–H and O–H groups in total. The van der Waals surface area contributed by atoms with E-state index in [0.717, 1.165) is 11.5 Å². The number of nitrogens with one attached hydrogen (secondary N) is 3. The molecule has 0 aliphatic carbocycles. The third-order valence-electron chi connectivity index (χ3n) is 2.39. The van der Waals surface area contributed by atoms with Gasteiger partial charge in [-0.25, -0.2) is 4.85 Å². The molecule has 0 unspecified atom stereocenters. The molecule has 0 saturated heterocycles. The lowest BCUT2D eigenvalue weighted by atomic mass is 10.2.